The molecule has 1 aromatic heterocycles. The van der Waals surface area contributed by atoms with Gasteiger partial charge in [-0.2, -0.15) is 0 Å². The SMILES string of the molecule is O=C(CCC(=O)N1CCCCC1c1ccccn1)c1ccc(F)cc1. The number of Topliss-reactive ketones (excluding diaryl/α,β-unsaturated/α-hetero) is 1. The molecule has 1 fully saturated rings. The monoisotopic (exact) mass is 340 g/mol. The van der Waals surface area contributed by atoms with Gasteiger partial charge in [0.2, 0.25) is 5.91 Å². The normalized spacial score (nSPS) is 17.3. The van der Waals surface area contributed by atoms with Crippen LogP contribution in [0.1, 0.15) is 54.2 Å². The van der Waals surface area contributed by atoms with E-state index in [1.165, 1.54) is 24.3 Å². The summed E-state index contributed by atoms with van der Waals surface area (Å²) in [6.45, 7) is 0.699. The summed E-state index contributed by atoms with van der Waals surface area (Å²) in [5, 5.41) is 0. The van der Waals surface area contributed by atoms with Crippen LogP contribution >= 0.6 is 0 Å². The fourth-order valence-electron chi connectivity index (χ4n) is 3.25. The zero-order valence-electron chi connectivity index (χ0n) is 14.0. The number of carbonyl (C=O) groups is 2. The minimum Gasteiger partial charge on any atom is -0.334 e. The number of nitrogens with zero attached hydrogens (tertiary/aromatic N) is 2. The van der Waals surface area contributed by atoms with Crippen molar-refractivity contribution in [2.45, 2.75) is 38.1 Å². The Kier molecular flexibility index (Phi) is 5.53. The molecule has 0 bridgehead atoms. The fourth-order valence-corrected chi connectivity index (χ4v) is 3.25. The summed E-state index contributed by atoms with van der Waals surface area (Å²) in [7, 11) is 0. The molecule has 0 saturated carbocycles. The number of carbonyl (C=O) groups excluding carboxylic acids is 2. The van der Waals surface area contributed by atoms with Crippen LogP contribution in [0.3, 0.4) is 0 Å². The van der Waals surface area contributed by atoms with Gasteiger partial charge in [-0.1, -0.05) is 6.07 Å². The highest BCUT2D eigenvalue weighted by Gasteiger charge is 2.28. The first kappa shape index (κ1) is 17.3. The highest BCUT2D eigenvalue weighted by atomic mass is 19.1. The molecule has 1 aliphatic heterocycles. The molecule has 4 nitrogen and oxygen atoms in total. The smallest absolute Gasteiger partial charge is 0.223 e. The lowest BCUT2D eigenvalue weighted by Gasteiger charge is -2.35. The molecule has 1 amide bonds. The first-order valence-electron chi connectivity index (χ1n) is 8.64. The zero-order valence-corrected chi connectivity index (χ0v) is 14.0. The van der Waals surface area contributed by atoms with Gasteiger partial charge in [-0.15, -0.1) is 0 Å². The molecule has 130 valence electrons. The van der Waals surface area contributed by atoms with Crippen LogP contribution < -0.4 is 0 Å². The summed E-state index contributed by atoms with van der Waals surface area (Å²) in [6, 6.07) is 11.2. The fraction of sp³-hybridized carbons (Fsp3) is 0.350. The molecule has 3 rings (SSSR count). The molecule has 2 heterocycles. The predicted molar refractivity (Wildman–Crippen MR) is 92.5 cm³/mol. The van der Waals surface area contributed by atoms with Crippen LogP contribution in [0.15, 0.2) is 48.7 Å². The molecule has 0 N–H and O–H groups in total. The lowest BCUT2D eigenvalue weighted by atomic mass is 9.97. The van der Waals surface area contributed by atoms with Gasteiger partial charge in [-0.3, -0.25) is 14.6 Å². The molecular weight excluding hydrogens is 319 g/mol. The summed E-state index contributed by atoms with van der Waals surface area (Å²) in [6.07, 6.45) is 4.98. The molecule has 0 aliphatic carbocycles. The topological polar surface area (TPSA) is 50.3 Å². The van der Waals surface area contributed by atoms with Gasteiger partial charge in [0.15, 0.2) is 5.78 Å². The second-order valence-corrected chi connectivity index (χ2v) is 6.28. The minimum atomic E-state index is -0.376. The molecule has 2 aromatic rings. The van der Waals surface area contributed by atoms with Crippen molar-refractivity contribution in [2.75, 3.05) is 6.54 Å². The first-order chi connectivity index (χ1) is 12.1. The highest BCUT2D eigenvalue weighted by molar-refractivity contribution is 5.97. The molecule has 1 atom stereocenters. The molecule has 5 heteroatoms. The number of rotatable bonds is 5. The predicted octanol–water partition coefficient (Wildman–Crippen LogP) is 3.94. The van der Waals surface area contributed by atoms with Crippen molar-refractivity contribution < 1.29 is 14.0 Å². The van der Waals surface area contributed by atoms with Crippen LogP contribution in [0.4, 0.5) is 4.39 Å². The standard InChI is InChI=1S/C20H21FN2O2/c21-16-9-7-15(8-10-16)19(24)11-12-20(25)23-14-4-2-6-18(23)17-5-1-3-13-22-17/h1,3,5,7-10,13,18H,2,4,6,11-12,14H2. The van der Waals surface area contributed by atoms with Crippen LogP contribution in [0.2, 0.25) is 0 Å². The number of hydrogen-bond acceptors (Lipinski definition) is 3. The van der Waals surface area contributed by atoms with Gasteiger partial charge in [0.25, 0.3) is 0 Å². The lowest BCUT2D eigenvalue weighted by Crippen LogP contribution is -2.39. The van der Waals surface area contributed by atoms with Crippen LogP contribution in [0.5, 0.6) is 0 Å². The molecule has 1 saturated heterocycles. The van der Waals surface area contributed by atoms with Crippen molar-refractivity contribution >= 4 is 11.7 Å². The summed E-state index contributed by atoms with van der Waals surface area (Å²) in [5.74, 6) is -0.537. The third-order valence-corrected chi connectivity index (χ3v) is 4.58. The molecule has 0 spiro atoms. The number of benzene rings is 1. The van der Waals surface area contributed by atoms with Crippen LogP contribution in [0.25, 0.3) is 0 Å². The minimum absolute atomic E-state index is 0.0108. The van der Waals surface area contributed by atoms with Gasteiger partial charge in [0, 0.05) is 31.1 Å². The number of aromatic nitrogens is 1. The maximum absolute atomic E-state index is 12.9. The van der Waals surface area contributed by atoms with E-state index < -0.39 is 0 Å². The first-order valence-corrected chi connectivity index (χ1v) is 8.64. The van der Waals surface area contributed by atoms with Gasteiger partial charge in [-0.05, 0) is 55.7 Å². The van der Waals surface area contributed by atoms with Crippen molar-refractivity contribution in [1.29, 1.82) is 0 Å². The van der Waals surface area contributed by atoms with E-state index in [0.29, 0.717) is 12.1 Å². The van der Waals surface area contributed by atoms with Crippen LogP contribution in [0, 0.1) is 5.82 Å². The molecule has 0 radical (unpaired) electrons. The van der Waals surface area contributed by atoms with Crippen LogP contribution in [-0.4, -0.2) is 28.1 Å². The summed E-state index contributed by atoms with van der Waals surface area (Å²) in [5.41, 5.74) is 1.34. The maximum atomic E-state index is 12.9. The number of ketones is 1. The number of piperidine rings is 1. The van der Waals surface area contributed by atoms with Crippen molar-refractivity contribution in [1.82, 2.24) is 9.88 Å². The number of hydrogen-bond donors (Lipinski definition) is 0. The van der Waals surface area contributed by atoms with Gasteiger partial charge in [0.05, 0.1) is 11.7 Å². The quantitative estimate of drug-likeness (QED) is 0.775. The summed E-state index contributed by atoms with van der Waals surface area (Å²) in [4.78, 5) is 31.1. The summed E-state index contributed by atoms with van der Waals surface area (Å²) < 4.78 is 12.9. The van der Waals surface area contributed by atoms with E-state index >= 15 is 0 Å². The van der Waals surface area contributed by atoms with Gasteiger partial charge in [-0.25, -0.2) is 4.39 Å². The van der Waals surface area contributed by atoms with E-state index in [9.17, 15) is 14.0 Å². The lowest BCUT2D eigenvalue weighted by molar-refractivity contribution is -0.135. The van der Waals surface area contributed by atoms with Gasteiger partial charge >= 0.3 is 0 Å². The number of halogens is 1. The van der Waals surface area contributed by atoms with Crippen molar-refractivity contribution in [3.8, 4) is 0 Å². The van der Waals surface area contributed by atoms with E-state index in [2.05, 4.69) is 4.98 Å². The van der Waals surface area contributed by atoms with E-state index in [0.717, 1.165) is 25.0 Å². The molecule has 25 heavy (non-hydrogen) atoms. The van der Waals surface area contributed by atoms with E-state index in [4.69, 9.17) is 0 Å². The average Bonchev–Trinajstić information content (AvgIpc) is 2.67. The Bertz CT molecular complexity index is 731. The van der Waals surface area contributed by atoms with E-state index in [1.54, 1.807) is 6.20 Å². The third-order valence-electron chi connectivity index (χ3n) is 4.58. The maximum Gasteiger partial charge on any atom is 0.223 e. The highest BCUT2D eigenvalue weighted by Crippen LogP contribution is 2.30. The Morgan fingerprint density at radius 3 is 2.60 bits per heavy atom. The Labute approximate surface area is 146 Å². The number of pyridine rings is 1. The number of likely N-dealkylation sites (tertiary alicyclic amines) is 1. The Hall–Kier alpha value is -2.56. The molecule has 1 aromatic carbocycles. The zero-order chi connectivity index (χ0) is 17.6. The van der Waals surface area contributed by atoms with E-state index in [-0.39, 0.29) is 36.4 Å². The molecular formula is C20H21FN2O2. The van der Waals surface area contributed by atoms with Crippen molar-refractivity contribution in [2.24, 2.45) is 0 Å². The Morgan fingerprint density at radius 2 is 1.88 bits per heavy atom. The second-order valence-electron chi connectivity index (χ2n) is 6.28. The Morgan fingerprint density at radius 1 is 1.08 bits per heavy atom. The van der Waals surface area contributed by atoms with E-state index in [1.807, 2.05) is 23.1 Å². The third kappa shape index (κ3) is 4.29. The average molecular weight is 340 g/mol. The number of amides is 1. The van der Waals surface area contributed by atoms with Crippen molar-refractivity contribution in [3.63, 3.8) is 0 Å². The molecule has 1 aliphatic rings. The summed E-state index contributed by atoms with van der Waals surface area (Å²) >= 11 is 0. The Balaban J connectivity index is 1.63. The molecule has 1 unspecified atom stereocenters. The second kappa shape index (κ2) is 8.01. The van der Waals surface area contributed by atoms with Crippen LogP contribution in [-0.2, 0) is 4.79 Å². The largest absolute Gasteiger partial charge is 0.334 e. The van der Waals surface area contributed by atoms with Gasteiger partial charge < -0.3 is 4.90 Å². The van der Waals surface area contributed by atoms with Crippen molar-refractivity contribution in [3.05, 3.63) is 65.7 Å². The van der Waals surface area contributed by atoms with Gasteiger partial charge in [0.1, 0.15) is 5.82 Å².